The minimum absolute atomic E-state index is 0.108. The average molecular weight is 354 g/mol. The van der Waals surface area contributed by atoms with E-state index in [0.717, 1.165) is 4.52 Å². The summed E-state index contributed by atoms with van der Waals surface area (Å²) in [5.41, 5.74) is -0.560. The van der Waals surface area contributed by atoms with Crippen molar-refractivity contribution >= 4 is 21.6 Å². The van der Waals surface area contributed by atoms with E-state index in [-0.39, 0.29) is 16.3 Å². The Morgan fingerprint density at radius 2 is 2.00 bits per heavy atom. The molecule has 110 valence electrons. The Morgan fingerprint density at radius 1 is 1.35 bits per heavy atom. The van der Waals surface area contributed by atoms with Crippen molar-refractivity contribution in [3.05, 3.63) is 22.4 Å². The van der Waals surface area contributed by atoms with Crippen LogP contribution >= 0.6 is 15.9 Å². The molecule has 2 rings (SSSR count). The van der Waals surface area contributed by atoms with Crippen molar-refractivity contribution in [3.63, 3.8) is 0 Å². The summed E-state index contributed by atoms with van der Waals surface area (Å²) >= 11 is 3.05. The van der Waals surface area contributed by atoms with Gasteiger partial charge in [-0.15, -0.1) is 5.10 Å². The molecule has 2 aromatic heterocycles. The Hall–Kier alpha value is -1.35. The van der Waals surface area contributed by atoms with Crippen molar-refractivity contribution in [1.29, 1.82) is 0 Å². The van der Waals surface area contributed by atoms with E-state index in [1.54, 1.807) is 13.8 Å². The number of ether oxygens (including phenoxy) is 1. The monoisotopic (exact) mass is 353 g/mol. The van der Waals surface area contributed by atoms with Crippen molar-refractivity contribution in [2.45, 2.75) is 25.6 Å². The molecule has 0 fully saturated rings. The normalized spacial score (nSPS) is 12.9. The summed E-state index contributed by atoms with van der Waals surface area (Å²) in [5, 5.41) is 13.9. The van der Waals surface area contributed by atoms with Gasteiger partial charge in [-0.05, 0) is 35.8 Å². The standard InChI is InChI=1S/C11H11BrF3N3O2/c1-10(2,19)6-3-4-7(20-5-11(13,14)15)18-8(6)16-9(12)17-18/h3-4,19H,5H2,1-2H3. The molecule has 0 radical (unpaired) electrons. The van der Waals surface area contributed by atoms with Crippen LogP contribution in [-0.2, 0) is 5.60 Å². The molecule has 20 heavy (non-hydrogen) atoms. The predicted octanol–water partition coefficient (Wildman–Crippen LogP) is 2.66. The lowest BCUT2D eigenvalue weighted by atomic mass is 10.00. The Balaban J connectivity index is 2.49. The topological polar surface area (TPSA) is 59.7 Å². The van der Waals surface area contributed by atoms with Crippen molar-refractivity contribution in [2.24, 2.45) is 0 Å². The molecular formula is C11H11BrF3N3O2. The molecule has 1 N–H and O–H groups in total. The number of hydrogen-bond donors (Lipinski definition) is 1. The van der Waals surface area contributed by atoms with E-state index in [4.69, 9.17) is 4.74 Å². The van der Waals surface area contributed by atoms with E-state index in [0.29, 0.717) is 5.56 Å². The maximum atomic E-state index is 12.2. The Morgan fingerprint density at radius 3 is 2.55 bits per heavy atom. The van der Waals surface area contributed by atoms with Crippen molar-refractivity contribution in [1.82, 2.24) is 14.6 Å². The molecule has 0 spiro atoms. The summed E-state index contributed by atoms with van der Waals surface area (Å²) in [5.74, 6) is -0.108. The number of rotatable bonds is 3. The maximum Gasteiger partial charge on any atom is 0.422 e. The average Bonchev–Trinajstić information content (AvgIpc) is 2.64. The summed E-state index contributed by atoms with van der Waals surface area (Å²) in [6.07, 6.45) is -4.45. The highest BCUT2D eigenvalue weighted by Gasteiger charge is 2.30. The van der Waals surface area contributed by atoms with Crippen LogP contribution in [0.1, 0.15) is 19.4 Å². The number of nitrogens with zero attached hydrogens (tertiary/aromatic N) is 3. The van der Waals surface area contributed by atoms with Crippen LogP contribution in [0, 0.1) is 0 Å². The van der Waals surface area contributed by atoms with Crippen LogP contribution in [0.3, 0.4) is 0 Å². The molecule has 2 aromatic rings. The zero-order valence-corrected chi connectivity index (χ0v) is 12.2. The third-order valence-electron chi connectivity index (χ3n) is 2.47. The van der Waals surface area contributed by atoms with E-state index >= 15 is 0 Å². The van der Waals surface area contributed by atoms with Crippen LogP contribution in [0.25, 0.3) is 5.65 Å². The molecular weight excluding hydrogens is 343 g/mol. The second-order valence-electron chi connectivity index (χ2n) is 4.66. The Kier molecular flexibility index (Phi) is 3.67. The minimum Gasteiger partial charge on any atom is -0.468 e. The number of fused-ring (bicyclic) bond motifs is 1. The maximum absolute atomic E-state index is 12.2. The zero-order chi connectivity index (χ0) is 15.1. The molecule has 0 aromatic carbocycles. The van der Waals surface area contributed by atoms with Crippen LogP contribution in [-0.4, -0.2) is 32.5 Å². The first-order chi connectivity index (χ1) is 9.08. The number of aromatic nitrogens is 3. The molecule has 0 saturated heterocycles. The molecule has 0 aliphatic carbocycles. The first kappa shape index (κ1) is 15.0. The van der Waals surface area contributed by atoms with Crippen LogP contribution in [0.2, 0.25) is 0 Å². The second-order valence-corrected chi connectivity index (χ2v) is 5.37. The van der Waals surface area contributed by atoms with Gasteiger partial charge in [-0.1, -0.05) is 0 Å². The lowest BCUT2D eigenvalue weighted by molar-refractivity contribution is -0.154. The smallest absolute Gasteiger partial charge is 0.422 e. The van der Waals surface area contributed by atoms with Gasteiger partial charge in [0, 0.05) is 11.6 Å². The van der Waals surface area contributed by atoms with Gasteiger partial charge in [-0.25, -0.2) is 4.98 Å². The van der Waals surface area contributed by atoms with Crippen LogP contribution < -0.4 is 4.74 Å². The number of pyridine rings is 1. The molecule has 0 bridgehead atoms. The lowest BCUT2D eigenvalue weighted by Crippen LogP contribution is -2.21. The lowest BCUT2D eigenvalue weighted by Gasteiger charge is -2.19. The van der Waals surface area contributed by atoms with Crippen LogP contribution in [0.15, 0.2) is 16.9 Å². The van der Waals surface area contributed by atoms with Gasteiger partial charge in [0.15, 0.2) is 12.3 Å². The first-order valence-corrected chi connectivity index (χ1v) is 6.35. The molecule has 9 heteroatoms. The molecule has 5 nitrogen and oxygen atoms in total. The summed E-state index contributed by atoms with van der Waals surface area (Å²) in [6.45, 7) is 1.66. The SMILES string of the molecule is CC(C)(O)c1ccc(OCC(F)(F)F)n2nc(Br)nc12. The number of aliphatic hydroxyl groups is 1. The van der Waals surface area contributed by atoms with Gasteiger partial charge in [0.2, 0.25) is 10.6 Å². The molecule has 2 heterocycles. The van der Waals surface area contributed by atoms with Gasteiger partial charge in [-0.3, -0.25) is 0 Å². The highest BCUT2D eigenvalue weighted by Crippen LogP contribution is 2.28. The summed E-state index contributed by atoms with van der Waals surface area (Å²) in [7, 11) is 0. The minimum atomic E-state index is -4.45. The molecule has 0 aliphatic heterocycles. The van der Waals surface area contributed by atoms with Gasteiger partial charge >= 0.3 is 6.18 Å². The van der Waals surface area contributed by atoms with Gasteiger partial charge in [0.05, 0.1) is 5.60 Å². The van der Waals surface area contributed by atoms with E-state index in [2.05, 4.69) is 26.0 Å². The van der Waals surface area contributed by atoms with Gasteiger partial charge < -0.3 is 9.84 Å². The zero-order valence-electron chi connectivity index (χ0n) is 10.6. The fourth-order valence-corrected chi connectivity index (χ4v) is 1.98. The second kappa shape index (κ2) is 4.88. The number of hydrogen-bond acceptors (Lipinski definition) is 4. The molecule has 0 saturated carbocycles. The highest BCUT2D eigenvalue weighted by atomic mass is 79.9. The fourth-order valence-electron chi connectivity index (χ4n) is 1.66. The summed E-state index contributed by atoms with van der Waals surface area (Å²) in [6, 6.07) is 2.77. The number of alkyl halides is 3. The van der Waals surface area contributed by atoms with Gasteiger partial charge in [0.25, 0.3) is 0 Å². The largest absolute Gasteiger partial charge is 0.468 e. The van der Waals surface area contributed by atoms with Crippen molar-refractivity contribution in [2.75, 3.05) is 6.61 Å². The van der Waals surface area contributed by atoms with E-state index in [9.17, 15) is 18.3 Å². The quantitative estimate of drug-likeness (QED) is 0.921. The van der Waals surface area contributed by atoms with Crippen molar-refractivity contribution in [3.8, 4) is 5.88 Å². The first-order valence-electron chi connectivity index (χ1n) is 5.55. The Bertz CT molecular complexity index is 634. The van der Waals surface area contributed by atoms with Crippen LogP contribution in [0.4, 0.5) is 13.2 Å². The third-order valence-corrected chi connectivity index (χ3v) is 2.80. The molecule has 0 atom stereocenters. The van der Waals surface area contributed by atoms with Gasteiger partial charge in [-0.2, -0.15) is 17.7 Å². The third kappa shape index (κ3) is 3.21. The molecule has 0 aliphatic rings. The van der Waals surface area contributed by atoms with E-state index in [1.165, 1.54) is 12.1 Å². The fraction of sp³-hybridized carbons (Fsp3) is 0.455. The molecule has 0 unspecified atom stereocenters. The molecule has 0 amide bonds. The van der Waals surface area contributed by atoms with Gasteiger partial charge in [0.1, 0.15) is 0 Å². The predicted molar refractivity (Wildman–Crippen MR) is 67.5 cm³/mol. The Labute approximate surface area is 120 Å². The summed E-state index contributed by atoms with van der Waals surface area (Å²) < 4.78 is 42.6. The highest BCUT2D eigenvalue weighted by molar-refractivity contribution is 9.10. The van der Waals surface area contributed by atoms with Crippen LogP contribution in [0.5, 0.6) is 5.88 Å². The van der Waals surface area contributed by atoms with E-state index < -0.39 is 18.4 Å². The van der Waals surface area contributed by atoms with E-state index in [1.807, 2.05) is 0 Å². The summed E-state index contributed by atoms with van der Waals surface area (Å²) in [4.78, 5) is 4.03. The van der Waals surface area contributed by atoms with Crippen molar-refractivity contribution < 1.29 is 23.0 Å². The number of halogens is 4.